The normalized spacial score (nSPS) is 14.9. The van der Waals surface area contributed by atoms with Gasteiger partial charge in [0.2, 0.25) is 0 Å². The van der Waals surface area contributed by atoms with Crippen LogP contribution in [0.25, 0.3) is 45.0 Å². The summed E-state index contributed by atoms with van der Waals surface area (Å²) in [5.41, 5.74) is 13.0. The third-order valence-corrected chi connectivity index (χ3v) is 10.0. The lowest BCUT2D eigenvalue weighted by molar-refractivity contribution is 0.641. The number of rotatable bonds is 9. The van der Waals surface area contributed by atoms with E-state index in [-0.39, 0.29) is 5.41 Å². The zero-order chi connectivity index (χ0) is 34.5. The van der Waals surface area contributed by atoms with Gasteiger partial charge in [-0.15, -0.1) is 0 Å². The minimum absolute atomic E-state index is 0.186. The van der Waals surface area contributed by atoms with E-state index in [4.69, 9.17) is 15.0 Å². The fourth-order valence-electron chi connectivity index (χ4n) is 6.87. The zero-order valence-corrected chi connectivity index (χ0v) is 29.2. The second-order valence-corrected chi connectivity index (χ2v) is 13.6. The van der Waals surface area contributed by atoms with E-state index in [2.05, 4.69) is 155 Å². The minimum atomic E-state index is -0.186. The van der Waals surface area contributed by atoms with E-state index in [1.54, 1.807) is 0 Å². The first-order chi connectivity index (χ1) is 24.4. The first kappa shape index (κ1) is 32.9. The predicted molar refractivity (Wildman–Crippen MR) is 210 cm³/mol. The van der Waals surface area contributed by atoms with Gasteiger partial charge in [-0.1, -0.05) is 166 Å². The molecule has 1 heterocycles. The Kier molecular flexibility index (Phi) is 9.49. The monoisotopic (exact) mass is 649 g/mol. The molecular weight excluding hydrogens is 607 g/mol. The highest BCUT2D eigenvalue weighted by Gasteiger charge is 2.24. The molecule has 2 aliphatic rings. The molecule has 2 aliphatic carbocycles. The van der Waals surface area contributed by atoms with Gasteiger partial charge in [0, 0.05) is 22.1 Å². The molecule has 3 heteroatoms. The van der Waals surface area contributed by atoms with Gasteiger partial charge in [0.15, 0.2) is 17.5 Å². The third-order valence-electron chi connectivity index (χ3n) is 10.0. The first-order valence-corrected chi connectivity index (χ1v) is 17.6. The molecule has 0 aliphatic heterocycles. The molecule has 0 saturated heterocycles. The van der Waals surface area contributed by atoms with Gasteiger partial charge in [-0.2, -0.15) is 0 Å². The van der Waals surface area contributed by atoms with Crippen molar-refractivity contribution in [1.29, 1.82) is 0 Å². The molecule has 3 nitrogen and oxygen atoms in total. The number of nitrogens with zero attached hydrogens (tertiary/aromatic N) is 3. The number of hydrogen-bond donors (Lipinski definition) is 0. The van der Waals surface area contributed by atoms with Crippen LogP contribution in [0, 0.1) is 0 Å². The van der Waals surface area contributed by atoms with Crippen molar-refractivity contribution < 1.29 is 0 Å². The lowest BCUT2D eigenvalue weighted by Gasteiger charge is -2.27. The molecule has 0 bridgehead atoms. The van der Waals surface area contributed by atoms with E-state index >= 15 is 0 Å². The maximum Gasteiger partial charge on any atom is 0.164 e. The van der Waals surface area contributed by atoms with Crippen LogP contribution in [-0.4, -0.2) is 15.0 Å². The molecule has 0 unspecified atom stereocenters. The first-order valence-electron chi connectivity index (χ1n) is 17.6. The molecule has 5 aromatic rings. The Morgan fingerprint density at radius 2 is 1.16 bits per heavy atom. The van der Waals surface area contributed by atoms with Crippen molar-refractivity contribution in [3.63, 3.8) is 0 Å². The summed E-state index contributed by atoms with van der Waals surface area (Å²) in [6.07, 6.45) is 19.2. The number of aromatic nitrogens is 3. The fraction of sp³-hybridized carbons (Fsp3) is 0.170. The van der Waals surface area contributed by atoms with E-state index in [9.17, 15) is 0 Å². The van der Waals surface area contributed by atoms with E-state index in [0.29, 0.717) is 17.5 Å². The Bertz CT molecular complexity index is 2160. The van der Waals surface area contributed by atoms with Crippen LogP contribution in [0.2, 0.25) is 0 Å². The number of hydrogen-bond acceptors (Lipinski definition) is 3. The highest BCUT2D eigenvalue weighted by Crippen LogP contribution is 2.37. The molecule has 0 radical (unpaired) electrons. The van der Waals surface area contributed by atoms with Gasteiger partial charge in [-0.3, -0.25) is 0 Å². The second-order valence-electron chi connectivity index (χ2n) is 13.6. The molecule has 50 heavy (non-hydrogen) atoms. The Morgan fingerprint density at radius 1 is 0.600 bits per heavy atom. The van der Waals surface area contributed by atoms with E-state index in [0.717, 1.165) is 42.4 Å². The van der Waals surface area contributed by atoms with Crippen molar-refractivity contribution in [3.05, 3.63) is 186 Å². The Labute approximate surface area is 296 Å². The summed E-state index contributed by atoms with van der Waals surface area (Å²) in [5, 5.41) is 0. The molecule has 246 valence electrons. The quantitative estimate of drug-likeness (QED) is 0.149. The average molecular weight is 650 g/mol. The maximum absolute atomic E-state index is 5.01. The highest BCUT2D eigenvalue weighted by molar-refractivity contribution is 5.81. The average Bonchev–Trinajstić information content (AvgIpc) is 3.18. The molecule has 0 saturated carbocycles. The van der Waals surface area contributed by atoms with Crippen molar-refractivity contribution in [2.24, 2.45) is 0 Å². The van der Waals surface area contributed by atoms with Gasteiger partial charge < -0.3 is 0 Å². The molecule has 1 aromatic heterocycles. The summed E-state index contributed by atoms with van der Waals surface area (Å²) >= 11 is 0. The Hall–Kier alpha value is -5.67. The van der Waals surface area contributed by atoms with Gasteiger partial charge in [-0.05, 0) is 77.1 Å². The van der Waals surface area contributed by atoms with Gasteiger partial charge in [0.05, 0.1) is 0 Å². The highest BCUT2D eigenvalue weighted by atomic mass is 15.0. The molecule has 0 atom stereocenters. The summed E-state index contributed by atoms with van der Waals surface area (Å²) < 4.78 is 0. The minimum Gasteiger partial charge on any atom is -0.208 e. The van der Waals surface area contributed by atoms with Crippen LogP contribution in [0.1, 0.15) is 69.0 Å². The molecule has 0 spiro atoms. The van der Waals surface area contributed by atoms with Crippen molar-refractivity contribution in [1.82, 2.24) is 15.0 Å². The van der Waals surface area contributed by atoms with Crippen LogP contribution in [-0.2, 0) is 5.41 Å². The molecule has 4 aromatic carbocycles. The largest absolute Gasteiger partial charge is 0.208 e. The third kappa shape index (κ3) is 6.91. The van der Waals surface area contributed by atoms with Crippen LogP contribution >= 0.6 is 0 Å². The van der Waals surface area contributed by atoms with E-state index < -0.39 is 0 Å². The van der Waals surface area contributed by atoms with Crippen LogP contribution in [0.3, 0.4) is 0 Å². The maximum atomic E-state index is 5.01. The smallest absolute Gasteiger partial charge is 0.164 e. The molecule has 0 amide bonds. The van der Waals surface area contributed by atoms with E-state index in [1.807, 2.05) is 18.2 Å². The summed E-state index contributed by atoms with van der Waals surface area (Å²) in [4.78, 5) is 15.0. The summed E-state index contributed by atoms with van der Waals surface area (Å²) in [7, 11) is 0. The van der Waals surface area contributed by atoms with Crippen LogP contribution in [0.5, 0.6) is 0 Å². The standard InChI is InChI=1S/C47H43N3/c1-5-6-14-34-19-13-20-43(33(34)2)37-25-29-41(30-26-37)47(3,4)42-31-27-40(28-32-42)46-49-44(38-17-11-8-12-18-38)48-45(50-46)39-23-21-36(22-24-39)35-15-9-7-10-16-35/h5-7,9-11,14-18,20-32H,1,8,12-13,19H2,2-4H3/b14-6-. The van der Waals surface area contributed by atoms with Gasteiger partial charge in [0.25, 0.3) is 0 Å². The van der Waals surface area contributed by atoms with Crippen molar-refractivity contribution >= 4 is 11.1 Å². The summed E-state index contributed by atoms with van der Waals surface area (Å²) in [5.74, 6) is 2.06. The fourth-order valence-corrected chi connectivity index (χ4v) is 6.87. The topological polar surface area (TPSA) is 38.7 Å². The second kappa shape index (κ2) is 14.4. The van der Waals surface area contributed by atoms with Gasteiger partial charge >= 0.3 is 0 Å². The van der Waals surface area contributed by atoms with Gasteiger partial charge in [0.1, 0.15) is 0 Å². The number of benzene rings is 4. The van der Waals surface area contributed by atoms with Crippen LogP contribution in [0.15, 0.2) is 163 Å². The zero-order valence-electron chi connectivity index (χ0n) is 29.2. The lowest BCUT2D eigenvalue weighted by Crippen LogP contribution is -2.18. The molecular formula is C47H43N3. The van der Waals surface area contributed by atoms with Gasteiger partial charge in [-0.25, -0.2) is 15.0 Å². The van der Waals surface area contributed by atoms with Crippen molar-refractivity contribution in [2.45, 2.75) is 51.9 Å². The Balaban J connectivity index is 1.17. The predicted octanol–water partition coefficient (Wildman–Crippen LogP) is 12.2. The van der Waals surface area contributed by atoms with Crippen molar-refractivity contribution in [3.8, 4) is 33.9 Å². The lowest BCUT2D eigenvalue weighted by atomic mass is 9.77. The number of allylic oxidation sites excluding steroid dienone is 11. The summed E-state index contributed by atoms with van der Waals surface area (Å²) in [6.45, 7) is 10.7. The van der Waals surface area contributed by atoms with E-state index in [1.165, 1.54) is 44.5 Å². The molecule has 7 rings (SSSR count). The van der Waals surface area contributed by atoms with Crippen LogP contribution in [0.4, 0.5) is 0 Å². The van der Waals surface area contributed by atoms with Crippen molar-refractivity contribution in [2.75, 3.05) is 0 Å². The Morgan fingerprint density at radius 3 is 1.76 bits per heavy atom. The SMILES string of the molecule is C=C/C=C\C1=C(C)C(c2ccc(C(C)(C)c3ccc(-c4nc(C5=CCCC=C5)nc(-c5ccc(-c6ccccc6)cc5)n4)cc3)cc2)=CCC1. The molecule has 0 N–H and O–H groups in total. The summed E-state index contributed by atoms with van der Waals surface area (Å²) in [6, 6.07) is 36.8. The van der Waals surface area contributed by atoms with Crippen LogP contribution < -0.4 is 0 Å². The molecule has 0 fully saturated rings.